The van der Waals surface area contributed by atoms with Crippen molar-refractivity contribution in [3.63, 3.8) is 0 Å². The maximum atomic E-state index is 12.6. The Balaban J connectivity index is 2.96. The lowest BCUT2D eigenvalue weighted by Gasteiger charge is -2.17. The first-order valence-corrected chi connectivity index (χ1v) is 8.26. The molecule has 1 unspecified atom stereocenters. The number of alkyl halides is 4. The Bertz CT molecular complexity index is 573. The molecule has 21 heavy (non-hydrogen) atoms. The van der Waals surface area contributed by atoms with Crippen molar-refractivity contribution < 1.29 is 21.6 Å². The van der Waals surface area contributed by atoms with Gasteiger partial charge < -0.3 is 5.32 Å². The Morgan fingerprint density at radius 1 is 1.24 bits per heavy atom. The van der Waals surface area contributed by atoms with E-state index in [2.05, 4.69) is 5.32 Å². The molecule has 0 saturated heterocycles. The summed E-state index contributed by atoms with van der Waals surface area (Å²) >= 11 is 6.05. The summed E-state index contributed by atoms with van der Waals surface area (Å²) in [5.74, 6) is 0.337. The number of para-hydroxylation sites is 1. The number of rotatable bonds is 6. The van der Waals surface area contributed by atoms with Gasteiger partial charge in [0.05, 0.1) is 16.0 Å². The molecule has 0 fully saturated rings. The van der Waals surface area contributed by atoms with Gasteiger partial charge in [-0.1, -0.05) is 26.0 Å². The smallest absolute Gasteiger partial charge is 0.383 e. The number of hydrogen-bond donors (Lipinski definition) is 1. The first kappa shape index (κ1) is 18.1. The van der Waals surface area contributed by atoms with E-state index in [0.29, 0.717) is 12.3 Å². The minimum Gasteiger partial charge on any atom is -0.383 e. The molecule has 1 aromatic carbocycles. The zero-order valence-electron chi connectivity index (χ0n) is 11.6. The maximum absolute atomic E-state index is 12.6. The molecule has 0 aromatic heterocycles. The highest BCUT2D eigenvalue weighted by molar-refractivity contribution is 7.92. The summed E-state index contributed by atoms with van der Waals surface area (Å²) in [6.07, 6.45) is 0.669. The van der Waals surface area contributed by atoms with E-state index in [1.165, 1.54) is 18.2 Å². The predicted octanol–water partition coefficient (Wildman–Crippen LogP) is 4.05. The van der Waals surface area contributed by atoms with Crippen molar-refractivity contribution in [3.8, 4) is 0 Å². The Labute approximate surface area is 127 Å². The summed E-state index contributed by atoms with van der Waals surface area (Å²) in [6.45, 7) is 4.12. The summed E-state index contributed by atoms with van der Waals surface area (Å²) in [5.41, 5.74) is -5.42. The van der Waals surface area contributed by atoms with Gasteiger partial charge in [-0.05, 0) is 24.5 Å². The lowest BCUT2D eigenvalue weighted by atomic mass is 10.1. The molecule has 1 aromatic rings. The van der Waals surface area contributed by atoms with Crippen LogP contribution in [0.25, 0.3) is 0 Å². The van der Waals surface area contributed by atoms with E-state index < -0.39 is 20.2 Å². The van der Waals surface area contributed by atoms with E-state index in [4.69, 9.17) is 11.6 Å². The second-order valence-electron chi connectivity index (χ2n) is 5.05. The zero-order valence-corrected chi connectivity index (χ0v) is 13.2. The number of nitrogens with one attached hydrogen (secondary N) is 1. The molecule has 0 spiro atoms. The largest absolute Gasteiger partial charge is 0.501 e. The van der Waals surface area contributed by atoms with Gasteiger partial charge in [-0.15, -0.1) is 11.6 Å². The zero-order chi connectivity index (χ0) is 16.3. The Morgan fingerprint density at radius 3 is 2.33 bits per heavy atom. The molecule has 1 rings (SSSR count). The van der Waals surface area contributed by atoms with Crippen molar-refractivity contribution in [2.45, 2.75) is 36.0 Å². The van der Waals surface area contributed by atoms with Crippen LogP contribution >= 0.6 is 11.6 Å². The van der Waals surface area contributed by atoms with Gasteiger partial charge in [-0.25, -0.2) is 8.42 Å². The second kappa shape index (κ2) is 6.87. The number of halogens is 4. The number of sulfone groups is 1. The molecule has 8 heteroatoms. The highest BCUT2D eigenvalue weighted by Crippen LogP contribution is 2.34. The van der Waals surface area contributed by atoms with E-state index in [9.17, 15) is 21.6 Å². The minimum absolute atomic E-state index is 0.0933. The van der Waals surface area contributed by atoms with Gasteiger partial charge in [0.15, 0.2) is 0 Å². The first-order chi connectivity index (χ1) is 9.55. The lowest BCUT2D eigenvalue weighted by molar-refractivity contribution is -0.0435. The third-order valence-corrected chi connectivity index (χ3v) is 4.60. The standard InChI is InChI=1S/C13H17ClF3NO2S/c1-9(2)7-10(14)8-18-11-5-3-4-6-12(11)21(19,20)13(15,16)17/h3-6,9-10,18H,7-8H2,1-2H3. The van der Waals surface area contributed by atoms with Crippen LogP contribution in [0.3, 0.4) is 0 Å². The molecule has 0 amide bonds. The highest BCUT2D eigenvalue weighted by atomic mass is 35.5. The fourth-order valence-electron chi connectivity index (χ4n) is 1.79. The Morgan fingerprint density at radius 2 is 1.81 bits per heavy atom. The van der Waals surface area contributed by atoms with Crippen LogP contribution in [0.4, 0.5) is 18.9 Å². The molecule has 0 aliphatic heterocycles. The van der Waals surface area contributed by atoms with Crippen molar-refractivity contribution in [2.24, 2.45) is 5.92 Å². The topological polar surface area (TPSA) is 46.2 Å². The van der Waals surface area contributed by atoms with Gasteiger partial charge >= 0.3 is 5.51 Å². The summed E-state index contributed by atoms with van der Waals surface area (Å²) < 4.78 is 60.9. The average Bonchev–Trinajstić information content (AvgIpc) is 2.34. The molecule has 0 radical (unpaired) electrons. The van der Waals surface area contributed by atoms with Crippen LogP contribution in [-0.2, 0) is 9.84 Å². The molecule has 3 nitrogen and oxygen atoms in total. The molecular weight excluding hydrogens is 327 g/mol. The van der Waals surface area contributed by atoms with Crippen molar-refractivity contribution in [3.05, 3.63) is 24.3 Å². The van der Waals surface area contributed by atoms with Gasteiger partial charge in [0.1, 0.15) is 0 Å². The summed E-state index contributed by atoms with van der Waals surface area (Å²) in [4.78, 5) is -0.786. The third kappa shape index (κ3) is 4.78. The van der Waals surface area contributed by atoms with E-state index >= 15 is 0 Å². The molecule has 0 aliphatic rings. The van der Waals surface area contributed by atoms with Crippen LogP contribution in [-0.4, -0.2) is 25.8 Å². The molecule has 0 saturated carbocycles. The van der Waals surface area contributed by atoms with Gasteiger partial charge in [-0.2, -0.15) is 13.2 Å². The van der Waals surface area contributed by atoms with Crippen LogP contribution in [0.5, 0.6) is 0 Å². The maximum Gasteiger partial charge on any atom is 0.501 e. The summed E-state index contributed by atoms with van der Waals surface area (Å²) in [7, 11) is -5.38. The van der Waals surface area contributed by atoms with Crippen molar-refractivity contribution in [1.29, 1.82) is 0 Å². The highest BCUT2D eigenvalue weighted by Gasteiger charge is 2.47. The van der Waals surface area contributed by atoms with Crippen LogP contribution in [0.15, 0.2) is 29.2 Å². The molecular formula is C13H17ClF3NO2S. The summed E-state index contributed by atoms with van der Waals surface area (Å²) in [6, 6.07) is 4.92. The van der Waals surface area contributed by atoms with Gasteiger partial charge in [-0.3, -0.25) is 0 Å². The number of anilines is 1. The quantitative estimate of drug-likeness (QED) is 0.793. The van der Waals surface area contributed by atoms with Crippen LogP contribution < -0.4 is 5.32 Å². The van der Waals surface area contributed by atoms with Gasteiger partial charge in [0.25, 0.3) is 9.84 Å². The number of benzene rings is 1. The molecule has 1 atom stereocenters. The van der Waals surface area contributed by atoms with Crippen LogP contribution in [0, 0.1) is 5.92 Å². The predicted molar refractivity (Wildman–Crippen MR) is 77.3 cm³/mol. The first-order valence-electron chi connectivity index (χ1n) is 6.34. The van der Waals surface area contributed by atoms with Crippen molar-refractivity contribution in [1.82, 2.24) is 0 Å². The van der Waals surface area contributed by atoms with Crippen LogP contribution in [0.2, 0.25) is 0 Å². The van der Waals surface area contributed by atoms with E-state index in [1.807, 2.05) is 13.8 Å². The molecule has 1 N–H and O–H groups in total. The average molecular weight is 344 g/mol. The fourth-order valence-corrected chi connectivity index (χ4v) is 3.16. The van der Waals surface area contributed by atoms with Gasteiger partial charge in [0, 0.05) is 6.54 Å². The number of hydrogen-bond acceptors (Lipinski definition) is 3. The fraction of sp³-hybridized carbons (Fsp3) is 0.538. The van der Waals surface area contributed by atoms with Gasteiger partial charge in [0.2, 0.25) is 0 Å². The molecule has 120 valence electrons. The summed E-state index contributed by atoms with van der Waals surface area (Å²) in [5, 5.41) is 2.39. The SMILES string of the molecule is CC(C)CC(Cl)CNc1ccccc1S(=O)(=O)C(F)(F)F. The normalized spacial score (nSPS) is 14.2. The monoisotopic (exact) mass is 343 g/mol. The van der Waals surface area contributed by atoms with E-state index in [1.54, 1.807) is 0 Å². The van der Waals surface area contributed by atoms with Crippen LogP contribution in [0.1, 0.15) is 20.3 Å². The van der Waals surface area contributed by atoms with Crippen molar-refractivity contribution >= 4 is 27.1 Å². The molecule has 0 aliphatic carbocycles. The molecule has 0 heterocycles. The van der Waals surface area contributed by atoms with E-state index in [-0.39, 0.29) is 17.6 Å². The van der Waals surface area contributed by atoms with Crippen molar-refractivity contribution in [2.75, 3.05) is 11.9 Å². The Hall–Kier alpha value is -0.950. The second-order valence-corrected chi connectivity index (χ2v) is 7.58. The third-order valence-electron chi connectivity index (χ3n) is 2.72. The van der Waals surface area contributed by atoms with E-state index in [0.717, 1.165) is 6.07 Å². The molecule has 0 bridgehead atoms. The Kier molecular flexibility index (Phi) is 5.92. The lowest BCUT2D eigenvalue weighted by Crippen LogP contribution is -2.25. The minimum atomic E-state index is -5.38.